The Bertz CT molecular complexity index is 354. The lowest BCUT2D eigenvalue weighted by molar-refractivity contribution is -0.137. The summed E-state index contributed by atoms with van der Waals surface area (Å²) < 4.78 is 5.18. The molecule has 1 heterocycles. The van der Waals surface area contributed by atoms with Gasteiger partial charge >= 0.3 is 5.97 Å². The molecule has 0 aromatic carbocycles. The molecule has 1 aromatic rings. The van der Waals surface area contributed by atoms with Gasteiger partial charge in [0.05, 0.1) is 25.4 Å². The van der Waals surface area contributed by atoms with Crippen LogP contribution in [-0.4, -0.2) is 27.7 Å². The number of aliphatic carboxylic acids is 1. The number of hydrogen-bond donors (Lipinski definition) is 1. The summed E-state index contributed by atoms with van der Waals surface area (Å²) in [6.07, 6.45) is 3.10. The molecule has 0 aliphatic heterocycles. The predicted molar refractivity (Wildman–Crippen MR) is 58.5 cm³/mol. The van der Waals surface area contributed by atoms with Gasteiger partial charge in [0.1, 0.15) is 5.82 Å². The number of ether oxygens (including phenoxy) is 1. The molecule has 1 aromatic heterocycles. The van der Waals surface area contributed by atoms with Crippen LogP contribution in [0, 0.1) is 0 Å². The van der Waals surface area contributed by atoms with E-state index in [1.807, 2.05) is 20.8 Å². The molecular weight excluding hydrogens is 208 g/mol. The molecular formula is C11H16N2O3. The summed E-state index contributed by atoms with van der Waals surface area (Å²) in [4.78, 5) is 18.6. The van der Waals surface area contributed by atoms with Gasteiger partial charge in [0.25, 0.3) is 0 Å². The van der Waals surface area contributed by atoms with Gasteiger partial charge in [-0.25, -0.2) is 9.97 Å². The van der Waals surface area contributed by atoms with E-state index in [2.05, 4.69) is 9.97 Å². The zero-order valence-electron chi connectivity index (χ0n) is 9.73. The minimum Gasteiger partial charge on any atom is -0.490 e. The highest BCUT2D eigenvalue weighted by Gasteiger charge is 2.16. The van der Waals surface area contributed by atoms with E-state index in [0.717, 1.165) is 5.82 Å². The van der Waals surface area contributed by atoms with E-state index in [-0.39, 0.29) is 18.4 Å². The van der Waals surface area contributed by atoms with Gasteiger partial charge in [0, 0.05) is 5.41 Å². The summed E-state index contributed by atoms with van der Waals surface area (Å²) in [7, 11) is 0. The average molecular weight is 224 g/mol. The number of rotatable bonds is 4. The van der Waals surface area contributed by atoms with E-state index in [9.17, 15) is 4.79 Å². The van der Waals surface area contributed by atoms with Gasteiger partial charge < -0.3 is 9.84 Å². The van der Waals surface area contributed by atoms with E-state index in [1.54, 1.807) is 12.4 Å². The van der Waals surface area contributed by atoms with Crippen molar-refractivity contribution in [3.05, 3.63) is 18.2 Å². The van der Waals surface area contributed by atoms with Crippen LogP contribution in [0.4, 0.5) is 0 Å². The molecule has 0 spiro atoms. The Morgan fingerprint density at radius 1 is 1.38 bits per heavy atom. The van der Waals surface area contributed by atoms with Crippen molar-refractivity contribution in [2.24, 2.45) is 0 Å². The lowest BCUT2D eigenvalue weighted by Gasteiger charge is -2.16. The third kappa shape index (κ3) is 3.84. The first-order chi connectivity index (χ1) is 7.39. The van der Waals surface area contributed by atoms with Crippen molar-refractivity contribution in [1.82, 2.24) is 9.97 Å². The number of nitrogens with zero attached hydrogens (tertiary/aromatic N) is 2. The SMILES string of the molecule is CC(C)(C)c1ncc(OCCC(=O)O)cn1. The number of carbonyl (C=O) groups is 1. The molecule has 0 fully saturated rings. The number of aromatic nitrogens is 2. The van der Waals surface area contributed by atoms with Gasteiger partial charge in [-0.05, 0) is 0 Å². The molecule has 0 aliphatic rings. The van der Waals surface area contributed by atoms with Crippen molar-refractivity contribution in [2.45, 2.75) is 32.6 Å². The van der Waals surface area contributed by atoms with Crippen molar-refractivity contribution >= 4 is 5.97 Å². The van der Waals surface area contributed by atoms with Crippen LogP contribution in [0.2, 0.25) is 0 Å². The van der Waals surface area contributed by atoms with Crippen LogP contribution in [0.15, 0.2) is 12.4 Å². The highest BCUT2D eigenvalue weighted by atomic mass is 16.5. The third-order valence-corrected chi connectivity index (χ3v) is 1.88. The summed E-state index contributed by atoms with van der Waals surface area (Å²) in [5.74, 6) is 0.347. The molecule has 0 aliphatic carbocycles. The van der Waals surface area contributed by atoms with Crippen LogP contribution in [0.1, 0.15) is 33.0 Å². The second-order valence-corrected chi connectivity index (χ2v) is 4.48. The van der Waals surface area contributed by atoms with Crippen LogP contribution in [0.5, 0.6) is 5.75 Å². The maximum absolute atomic E-state index is 10.3. The minimum atomic E-state index is -0.882. The van der Waals surface area contributed by atoms with Gasteiger partial charge in [-0.3, -0.25) is 4.79 Å². The zero-order chi connectivity index (χ0) is 12.2. The van der Waals surface area contributed by atoms with Crippen molar-refractivity contribution in [3.8, 4) is 5.75 Å². The van der Waals surface area contributed by atoms with Gasteiger partial charge in [-0.2, -0.15) is 0 Å². The Balaban J connectivity index is 2.55. The first kappa shape index (κ1) is 12.4. The number of carboxylic acid groups (broad SMARTS) is 1. The van der Waals surface area contributed by atoms with E-state index in [4.69, 9.17) is 9.84 Å². The molecule has 0 bridgehead atoms. The lowest BCUT2D eigenvalue weighted by atomic mass is 9.96. The fourth-order valence-corrected chi connectivity index (χ4v) is 1.03. The second-order valence-electron chi connectivity index (χ2n) is 4.48. The molecule has 5 nitrogen and oxygen atoms in total. The smallest absolute Gasteiger partial charge is 0.306 e. The molecule has 1 N–H and O–H groups in total. The summed E-state index contributed by atoms with van der Waals surface area (Å²) in [6, 6.07) is 0. The van der Waals surface area contributed by atoms with Crippen molar-refractivity contribution in [3.63, 3.8) is 0 Å². The van der Waals surface area contributed by atoms with Crippen LogP contribution in [0.25, 0.3) is 0 Å². The van der Waals surface area contributed by atoms with E-state index in [0.29, 0.717) is 5.75 Å². The van der Waals surface area contributed by atoms with Crippen LogP contribution < -0.4 is 4.74 Å². The molecule has 5 heteroatoms. The predicted octanol–water partition coefficient (Wildman–Crippen LogP) is 1.63. The summed E-state index contributed by atoms with van der Waals surface area (Å²) in [6.45, 7) is 6.20. The first-order valence-electron chi connectivity index (χ1n) is 5.07. The standard InChI is InChI=1S/C11H16N2O3/c1-11(2,3)10-12-6-8(7-13-10)16-5-4-9(14)15/h6-7H,4-5H2,1-3H3,(H,14,15). The topological polar surface area (TPSA) is 72.3 Å². The lowest BCUT2D eigenvalue weighted by Crippen LogP contribution is -2.15. The Morgan fingerprint density at radius 3 is 2.38 bits per heavy atom. The maximum Gasteiger partial charge on any atom is 0.306 e. The van der Waals surface area contributed by atoms with E-state index >= 15 is 0 Å². The highest BCUT2D eigenvalue weighted by Crippen LogP contribution is 2.18. The van der Waals surface area contributed by atoms with Crippen molar-refractivity contribution in [2.75, 3.05) is 6.61 Å². The van der Waals surface area contributed by atoms with Gasteiger partial charge in [-0.1, -0.05) is 20.8 Å². The molecule has 0 unspecified atom stereocenters. The van der Waals surface area contributed by atoms with E-state index in [1.165, 1.54) is 0 Å². The Hall–Kier alpha value is -1.65. The highest BCUT2D eigenvalue weighted by molar-refractivity contribution is 5.66. The average Bonchev–Trinajstić information content (AvgIpc) is 2.16. The van der Waals surface area contributed by atoms with Crippen LogP contribution >= 0.6 is 0 Å². The quantitative estimate of drug-likeness (QED) is 0.841. The van der Waals surface area contributed by atoms with Crippen LogP contribution in [-0.2, 0) is 10.2 Å². The van der Waals surface area contributed by atoms with Gasteiger partial charge in [-0.15, -0.1) is 0 Å². The second kappa shape index (κ2) is 4.92. The maximum atomic E-state index is 10.3. The minimum absolute atomic E-state index is 0.0268. The molecule has 88 valence electrons. The first-order valence-corrected chi connectivity index (χ1v) is 5.07. The van der Waals surface area contributed by atoms with Crippen molar-refractivity contribution < 1.29 is 14.6 Å². The monoisotopic (exact) mass is 224 g/mol. The molecule has 0 radical (unpaired) electrons. The zero-order valence-corrected chi connectivity index (χ0v) is 9.73. The largest absolute Gasteiger partial charge is 0.490 e. The molecule has 16 heavy (non-hydrogen) atoms. The fraction of sp³-hybridized carbons (Fsp3) is 0.545. The van der Waals surface area contributed by atoms with E-state index < -0.39 is 5.97 Å². The fourth-order valence-electron chi connectivity index (χ4n) is 1.03. The summed E-state index contributed by atoms with van der Waals surface area (Å²) in [5.41, 5.74) is -0.0976. The van der Waals surface area contributed by atoms with Gasteiger partial charge in [0.2, 0.25) is 0 Å². The normalized spacial score (nSPS) is 11.2. The third-order valence-electron chi connectivity index (χ3n) is 1.88. The summed E-state index contributed by atoms with van der Waals surface area (Å²) >= 11 is 0. The Labute approximate surface area is 94.5 Å². The molecule has 0 amide bonds. The van der Waals surface area contributed by atoms with Crippen LogP contribution in [0.3, 0.4) is 0 Å². The Morgan fingerprint density at radius 2 is 1.94 bits per heavy atom. The number of hydrogen-bond acceptors (Lipinski definition) is 4. The number of carboxylic acids is 1. The Kier molecular flexibility index (Phi) is 3.82. The van der Waals surface area contributed by atoms with Crippen molar-refractivity contribution in [1.29, 1.82) is 0 Å². The molecule has 0 atom stereocenters. The molecule has 0 saturated heterocycles. The van der Waals surface area contributed by atoms with Gasteiger partial charge in [0.15, 0.2) is 5.75 Å². The molecule has 0 saturated carbocycles. The molecule has 1 rings (SSSR count). The summed E-state index contributed by atoms with van der Waals surface area (Å²) in [5, 5.41) is 8.43.